The summed E-state index contributed by atoms with van der Waals surface area (Å²) in [4.78, 5) is 0. The summed E-state index contributed by atoms with van der Waals surface area (Å²) < 4.78 is 18.8. The van der Waals surface area contributed by atoms with Gasteiger partial charge in [0.25, 0.3) is 0 Å². The zero-order valence-electron chi connectivity index (χ0n) is 10.2. The van der Waals surface area contributed by atoms with E-state index in [4.69, 9.17) is 4.74 Å². The van der Waals surface area contributed by atoms with Crippen molar-refractivity contribution in [1.82, 2.24) is 5.32 Å². The molecule has 92 valence electrons. The first-order valence-corrected chi connectivity index (χ1v) is 5.93. The van der Waals surface area contributed by atoms with Gasteiger partial charge in [0.2, 0.25) is 0 Å². The van der Waals surface area contributed by atoms with Gasteiger partial charge in [0.15, 0.2) is 0 Å². The Labute approximate surface area is 101 Å². The second kappa shape index (κ2) is 5.43. The molecule has 2 rings (SSSR count). The minimum absolute atomic E-state index is 0.159. The Kier molecular flexibility index (Phi) is 3.92. The van der Waals surface area contributed by atoms with E-state index in [9.17, 15) is 4.39 Å². The molecule has 0 saturated carbocycles. The predicted octanol–water partition coefficient (Wildman–Crippen LogP) is 2.52. The molecule has 2 atom stereocenters. The second-order valence-electron chi connectivity index (χ2n) is 4.58. The van der Waals surface area contributed by atoms with Crippen molar-refractivity contribution >= 4 is 6.08 Å². The van der Waals surface area contributed by atoms with E-state index in [-0.39, 0.29) is 11.9 Å². The molecule has 1 saturated heterocycles. The summed E-state index contributed by atoms with van der Waals surface area (Å²) in [6.45, 7) is 5.28. The lowest BCUT2D eigenvalue weighted by Gasteiger charge is -2.26. The highest BCUT2D eigenvalue weighted by Gasteiger charge is 2.15. The molecule has 0 spiro atoms. The molecule has 2 unspecified atom stereocenters. The average Bonchev–Trinajstić information content (AvgIpc) is 2.31. The number of hydrogen-bond acceptors (Lipinski definition) is 2. The molecule has 1 aromatic carbocycles. The Bertz CT molecular complexity index is 417. The summed E-state index contributed by atoms with van der Waals surface area (Å²) in [7, 11) is 0. The zero-order valence-corrected chi connectivity index (χ0v) is 10.2. The number of benzene rings is 1. The van der Waals surface area contributed by atoms with Gasteiger partial charge in [-0.3, -0.25) is 0 Å². The fourth-order valence-electron chi connectivity index (χ4n) is 1.88. The third-order valence-corrected chi connectivity index (χ3v) is 2.88. The maximum absolute atomic E-state index is 13.3. The highest BCUT2D eigenvalue weighted by Crippen LogP contribution is 2.11. The highest BCUT2D eigenvalue weighted by molar-refractivity contribution is 5.50. The molecule has 0 amide bonds. The molecule has 1 fully saturated rings. The lowest BCUT2D eigenvalue weighted by Crippen LogP contribution is -2.46. The van der Waals surface area contributed by atoms with Crippen LogP contribution in [-0.2, 0) is 4.74 Å². The van der Waals surface area contributed by atoms with Crippen molar-refractivity contribution in [3.05, 3.63) is 41.2 Å². The van der Waals surface area contributed by atoms with Gasteiger partial charge in [0.05, 0.1) is 13.2 Å². The Morgan fingerprint density at radius 2 is 2.24 bits per heavy atom. The first kappa shape index (κ1) is 12.3. The summed E-state index contributed by atoms with van der Waals surface area (Å²) >= 11 is 0. The van der Waals surface area contributed by atoms with Crippen molar-refractivity contribution in [3.8, 4) is 0 Å². The minimum atomic E-state index is -0.159. The summed E-state index contributed by atoms with van der Waals surface area (Å²) in [5.41, 5.74) is 1.56. The van der Waals surface area contributed by atoms with Gasteiger partial charge in [-0.2, -0.15) is 0 Å². The van der Waals surface area contributed by atoms with Crippen LogP contribution in [0.3, 0.4) is 0 Å². The third kappa shape index (κ3) is 3.38. The summed E-state index contributed by atoms with van der Waals surface area (Å²) in [6.07, 6.45) is 3.96. The largest absolute Gasteiger partial charge is 0.378 e. The van der Waals surface area contributed by atoms with Gasteiger partial charge < -0.3 is 10.1 Å². The van der Waals surface area contributed by atoms with E-state index in [1.165, 1.54) is 0 Å². The molecule has 0 radical (unpaired) electrons. The fraction of sp³-hybridized carbons (Fsp3) is 0.429. The second-order valence-corrected chi connectivity index (χ2v) is 4.58. The maximum atomic E-state index is 13.3. The van der Waals surface area contributed by atoms with Crippen molar-refractivity contribution < 1.29 is 9.13 Å². The van der Waals surface area contributed by atoms with E-state index in [2.05, 4.69) is 12.2 Å². The van der Waals surface area contributed by atoms with Crippen molar-refractivity contribution in [2.24, 2.45) is 0 Å². The van der Waals surface area contributed by atoms with Crippen LogP contribution in [-0.4, -0.2) is 25.3 Å². The number of ether oxygens (including phenoxy) is 1. The molecule has 17 heavy (non-hydrogen) atoms. The van der Waals surface area contributed by atoms with E-state index in [0.29, 0.717) is 18.2 Å². The summed E-state index contributed by atoms with van der Waals surface area (Å²) in [5.74, 6) is -0.159. The number of hydrogen-bond donors (Lipinski definition) is 1. The van der Waals surface area contributed by atoms with Crippen molar-refractivity contribution in [2.45, 2.75) is 25.9 Å². The van der Waals surface area contributed by atoms with Crippen molar-refractivity contribution in [2.75, 3.05) is 13.2 Å². The van der Waals surface area contributed by atoms with Gasteiger partial charge in [-0.1, -0.05) is 24.3 Å². The molecule has 0 aliphatic carbocycles. The van der Waals surface area contributed by atoms with Gasteiger partial charge in [-0.25, -0.2) is 4.39 Å². The lowest BCUT2D eigenvalue weighted by molar-refractivity contribution is 0.0637. The van der Waals surface area contributed by atoms with Gasteiger partial charge in [0, 0.05) is 12.1 Å². The van der Waals surface area contributed by atoms with Crippen LogP contribution in [0, 0.1) is 12.7 Å². The molecule has 0 bridgehead atoms. The van der Waals surface area contributed by atoms with Gasteiger partial charge in [0.1, 0.15) is 5.82 Å². The van der Waals surface area contributed by atoms with Crippen LogP contribution < -0.4 is 5.32 Å². The molecule has 2 nitrogen and oxygen atoms in total. The average molecular weight is 235 g/mol. The Morgan fingerprint density at radius 1 is 1.41 bits per heavy atom. The van der Waals surface area contributed by atoms with Crippen molar-refractivity contribution in [3.63, 3.8) is 0 Å². The Hall–Kier alpha value is -1.19. The van der Waals surface area contributed by atoms with E-state index in [1.54, 1.807) is 19.1 Å². The number of morpholine rings is 1. The van der Waals surface area contributed by atoms with Crippen LogP contribution >= 0.6 is 0 Å². The molecule has 1 N–H and O–H groups in total. The standard InChI is InChI=1S/C14H18FNO/c1-10-3-4-12(7-14(10)15)5-6-13-9-17-8-11(2)16-13/h3-7,11,13,16H,8-9H2,1-2H3/b6-5+. The first-order chi connectivity index (χ1) is 8.15. The molecule has 1 heterocycles. The number of aryl methyl sites for hydroxylation is 1. The molecule has 1 aromatic rings. The van der Waals surface area contributed by atoms with E-state index >= 15 is 0 Å². The van der Waals surface area contributed by atoms with Crippen LogP contribution in [0.15, 0.2) is 24.3 Å². The minimum Gasteiger partial charge on any atom is -0.378 e. The topological polar surface area (TPSA) is 21.3 Å². The summed E-state index contributed by atoms with van der Waals surface area (Å²) in [6, 6.07) is 5.85. The van der Waals surface area contributed by atoms with E-state index < -0.39 is 0 Å². The maximum Gasteiger partial charge on any atom is 0.126 e. The van der Waals surface area contributed by atoms with Crippen LogP contribution in [0.4, 0.5) is 4.39 Å². The first-order valence-electron chi connectivity index (χ1n) is 5.93. The molecular weight excluding hydrogens is 217 g/mol. The predicted molar refractivity (Wildman–Crippen MR) is 67.4 cm³/mol. The fourth-order valence-corrected chi connectivity index (χ4v) is 1.88. The van der Waals surface area contributed by atoms with Crippen LogP contribution in [0.2, 0.25) is 0 Å². The normalized spacial score (nSPS) is 25.4. The number of rotatable bonds is 2. The van der Waals surface area contributed by atoms with Crippen LogP contribution in [0.5, 0.6) is 0 Å². The Morgan fingerprint density at radius 3 is 2.94 bits per heavy atom. The number of halogens is 1. The SMILES string of the molecule is Cc1ccc(/C=C/C2COCC(C)N2)cc1F. The number of nitrogens with one attached hydrogen (secondary N) is 1. The monoisotopic (exact) mass is 235 g/mol. The molecular formula is C14H18FNO. The zero-order chi connectivity index (χ0) is 12.3. The lowest BCUT2D eigenvalue weighted by atomic mass is 10.1. The van der Waals surface area contributed by atoms with Gasteiger partial charge in [-0.05, 0) is 31.0 Å². The molecule has 1 aliphatic heterocycles. The molecule has 0 aromatic heterocycles. The van der Waals surface area contributed by atoms with Crippen molar-refractivity contribution in [1.29, 1.82) is 0 Å². The molecule has 3 heteroatoms. The van der Waals surface area contributed by atoms with Gasteiger partial charge in [-0.15, -0.1) is 0 Å². The highest BCUT2D eigenvalue weighted by atomic mass is 19.1. The third-order valence-electron chi connectivity index (χ3n) is 2.88. The smallest absolute Gasteiger partial charge is 0.126 e. The van der Waals surface area contributed by atoms with E-state index in [1.807, 2.05) is 18.2 Å². The Balaban J connectivity index is 2.01. The quantitative estimate of drug-likeness (QED) is 0.850. The molecule has 1 aliphatic rings. The summed E-state index contributed by atoms with van der Waals surface area (Å²) in [5, 5.41) is 3.41. The van der Waals surface area contributed by atoms with Gasteiger partial charge >= 0.3 is 0 Å². The van der Waals surface area contributed by atoms with E-state index in [0.717, 1.165) is 12.2 Å². The van der Waals surface area contributed by atoms with Crippen LogP contribution in [0.1, 0.15) is 18.1 Å². The van der Waals surface area contributed by atoms with Crippen LogP contribution in [0.25, 0.3) is 6.08 Å².